The SMILES string of the molecule is Cc1ccc(-n2cc(NC(=O)C3(C)CC(F)(F)C3)cn2)c(C)c1. The molecule has 0 unspecified atom stereocenters. The Morgan fingerprint density at radius 2 is 2.00 bits per heavy atom. The summed E-state index contributed by atoms with van der Waals surface area (Å²) in [6, 6.07) is 5.99. The molecule has 0 radical (unpaired) electrons. The highest BCUT2D eigenvalue weighted by Crippen LogP contribution is 2.52. The lowest BCUT2D eigenvalue weighted by molar-refractivity contribution is -0.170. The molecule has 3 rings (SSSR count). The molecule has 1 heterocycles. The molecule has 23 heavy (non-hydrogen) atoms. The van der Waals surface area contributed by atoms with Crippen molar-refractivity contribution in [1.82, 2.24) is 9.78 Å². The molecule has 0 atom stereocenters. The number of carbonyl (C=O) groups is 1. The van der Waals surface area contributed by atoms with Gasteiger partial charge in [-0.2, -0.15) is 5.10 Å². The maximum atomic E-state index is 13.0. The largest absolute Gasteiger partial charge is 0.323 e. The Morgan fingerprint density at radius 3 is 2.61 bits per heavy atom. The first-order valence-electron chi connectivity index (χ1n) is 7.50. The van der Waals surface area contributed by atoms with Crippen LogP contribution < -0.4 is 5.32 Å². The van der Waals surface area contributed by atoms with Crippen LogP contribution in [0.2, 0.25) is 0 Å². The van der Waals surface area contributed by atoms with Gasteiger partial charge in [0.2, 0.25) is 11.8 Å². The molecule has 0 aliphatic heterocycles. The second-order valence-electron chi connectivity index (χ2n) is 6.69. The fraction of sp³-hybridized carbons (Fsp3) is 0.412. The Kier molecular flexibility index (Phi) is 3.50. The minimum absolute atomic E-state index is 0.386. The number of amides is 1. The van der Waals surface area contributed by atoms with Crippen LogP contribution in [0.25, 0.3) is 5.69 Å². The number of rotatable bonds is 3. The fourth-order valence-electron chi connectivity index (χ4n) is 3.11. The molecule has 2 aromatic rings. The van der Waals surface area contributed by atoms with Gasteiger partial charge >= 0.3 is 0 Å². The van der Waals surface area contributed by atoms with E-state index in [1.807, 2.05) is 32.0 Å². The van der Waals surface area contributed by atoms with Crippen LogP contribution in [0.3, 0.4) is 0 Å². The van der Waals surface area contributed by atoms with Crippen molar-refractivity contribution in [3.05, 3.63) is 41.7 Å². The number of aryl methyl sites for hydroxylation is 2. The lowest BCUT2D eigenvalue weighted by Crippen LogP contribution is -2.51. The van der Waals surface area contributed by atoms with E-state index in [4.69, 9.17) is 0 Å². The monoisotopic (exact) mass is 319 g/mol. The second-order valence-corrected chi connectivity index (χ2v) is 6.69. The van der Waals surface area contributed by atoms with Crippen LogP contribution in [0.15, 0.2) is 30.6 Å². The van der Waals surface area contributed by atoms with E-state index in [1.54, 1.807) is 17.8 Å². The lowest BCUT2D eigenvalue weighted by atomic mass is 9.67. The van der Waals surface area contributed by atoms with E-state index in [9.17, 15) is 13.6 Å². The third-order valence-electron chi connectivity index (χ3n) is 4.29. The first-order valence-corrected chi connectivity index (χ1v) is 7.50. The van der Waals surface area contributed by atoms with Gasteiger partial charge in [0.15, 0.2) is 0 Å². The molecule has 1 N–H and O–H groups in total. The zero-order chi connectivity index (χ0) is 16.8. The zero-order valence-corrected chi connectivity index (χ0v) is 13.4. The summed E-state index contributed by atoms with van der Waals surface area (Å²) < 4.78 is 27.7. The van der Waals surface area contributed by atoms with Crippen molar-refractivity contribution < 1.29 is 13.6 Å². The number of carbonyl (C=O) groups excluding carboxylic acids is 1. The van der Waals surface area contributed by atoms with Crippen LogP contribution in [0.4, 0.5) is 14.5 Å². The summed E-state index contributed by atoms with van der Waals surface area (Å²) in [6.45, 7) is 5.56. The van der Waals surface area contributed by atoms with E-state index in [1.165, 1.54) is 6.20 Å². The van der Waals surface area contributed by atoms with Gasteiger partial charge in [-0.1, -0.05) is 24.6 Å². The molecule has 4 nitrogen and oxygen atoms in total. The van der Waals surface area contributed by atoms with Gasteiger partial charge in [0.05, 0.1) is 29.2 Å². The van der Waals surface area contributed by atoms with E-state index in [0.29, 0.717) is 5.69 Å². The maximum absolute atomic E-state index is 13.0. The number of hydrogen-bond acceptors (Lipinski definition) is 2. The van der Waals surface area contributed by atoms with Gasteiger partial charge in [-0.05, 0) is 25.5 Å². The Labute approximate surface area is 133 Å². The van der Waals surface area contributed by atoms with Gasteiger partial charge in [0.25, 0.3) is 0 Å². The molecule has 1 saturated carbocycles. The van der Waals surface area contributed by atoms with Gasteiger partial charge in [0.1, 0.15) is 0 Å². The van der Waals surface area contributed by atoms with Gasteiger partial charge in [-0.3, -0.25) is 4.79 Å². The van der Waals surface area contributed by atoms with Gasteiger partial charge in [0, 0.05) is 12.8 Å². The molecule has 6 heteroatoms. The molecular formula is C17H19F2N3O. The molecule has 0 bridgehead atoms. The third-order valence-corrected chi connectivity index (χ3v) is 4.29. The quantitative estimate of drug-likeness (QED) is 0.933. The minimum atomic E-state index is -2.73. The zero-order valence-electron chi connectivity index (χ0n) is 13.4. The first-order chi connectivity index (χ1) is 10.7. The highest BCUT2D eigenvalue weighted by molar-refractivity contribution is 5.95. The highest BCUT2D eigenvalue weighted by Gasteiger charge is 2.57. The average Bonchev–Trinajstić information content (AvgIpc) is 2.84. The number of hydrogen-bond donors (Lipinski definition) is 1. The van der Waals surface area contributed by atoms with Crippen molar-refractivity contribution >= 4 is 11.6 Å². The topological polar surface area (TPSA) is 46.9 Å². The van der Waals surface area contributed by atoms with Gasteiger partial charge < -0.3 is 5.32 Å². The normalized spacial score (nSPS) is 18.3. The summed E-state index contributed by atoms with van der Waals surface area (Å²) in [6.07, 6.45) is 2.40. The fourth-order valence-corrected chi connectivity index (χ4v) is 3.11. The van der Waals surface area contributed by atoms with Gasteiger partial charge in [-0.15, -0.1) is 0 Å². The van der Waals surface area contributed by atoms with Crippen molar-refractivity contribution in [1.29, 1.82) is 0 Å². The van der Waals surface area contributed by atoms with Crippen molar-refractivity contribution in [2.75, 3.05) is 5.32 Å². The lowest BCUT2D eigenvalue weighted by Gasteiger charge is -2.43. The van der Waals surface area contributed by atoms with E-state index in [-0.39, 0.29) is 5.91 Å². The van der Waals surface area contributed by atoms with E-state index < -0.39 is 24.2 Å². The van der Waals surface area contributed by atoms with E-state index in [0.717, 1.165) is 16.8 Å². The average molecular weight is 319 g/mol. The first kappa shape index (κ1) is 15.6. The Balaban J connectivity index is 1.74. The van der Waals surface area contributed by atoms with Crippen molar-refractivity contribution in [2.24, 2.45) is 5.41 Å². The number of nitrogens with zero attached hydrogens (tertiary/aromatic N) is 2. The molecule has 122 valence electrons. The number of aromatic nitrogens is 2. The molecule has 0 spiro atoms. The third kappa shape index (κ3) is 2.98. The van der Waals surface area contributed by atoms with Crippen molar-refractivity contribution in [2.45, 2.75) is 39.5 Å². The molecule has 1 fully saturated rings. The Morgan fingerprint density at radius 1 is 1.30 bits per heavy atom. The minimum Gasteiger partial charge on any atom is -0.323 e. The number of anilines is 1. The molecule has 1 aromatic carbocycles. The van der Waals surface area contributed by atoms with Crippen molar-refractivity contribution in [3.8, 4) is 5.69 Å². The van der Waals surface area contributed by atoms with Crippen LogP contribution in [0.1, 0.15) is 30.9 Å². The van der Waals surface area contributed by atoms with E-state index >= 15 is 0 Å². The number of alkyl halides is 2. The summed E-state index contributed by atoms with van der Waals surface area (Å²) in [7, 11) is 0. The molecule has 1 aliphatic rings. The van der Waals surface area contributed by atoms with Gasteiger partial charge in [-0.25, -0.2) is 13.5 Å². The van der Waals surface area contributed by atoms with Crippen LogP contribution in [-0.2, 0) is 4.79 Å². The summed E-state index contributed by atoms with van der Waals surface area (Å²) in [5.41, 5.74) is 2.64. The molecule has 1 aromatic heterocycles. The summed E-state index contributed by atoms with van der Waals surface area (Å²) >= 11 is 0. The number of nitrogens with one attached hydrogen (secondary N) is 1. The summed E-state index contributed by atoms with van der Waals surface area (Å²) in [5, 5.41) is 6.93. The maximum Gasteiger partial charge on any atom is 0.250 e. The van der Waals surface area contributed by atoms with Crippen LogP contribution in [0, 0.1) is 19.3 Å². The predicted octanol–water partition coefficient (Wildman–Crippen LogP) is 3.86. The second kappa shape index (κ2) is 5.15. The smallest absolute Gasteiger partial charge is 0.250 e. The number of benzene rings is 1. The summed E-state index contributed by atoms with van der Waals surface area (Å²) in [5.74, 6) is -3.11. The Bertz CT molecular complexity index is 759. The van der Waals surface area contributed by atoms with Crippen LogP contribution in [0.5, 0.6) is 0 Å². The van der Waals surface area contributed by atoms with Crippen molar-refractivity contribution in [3.63, 3.8) is 0 Å². The molecule has 1 amide bonds. The summed E-state index contributed by atoms with van der Waals surface area (Å²) in [4.78, 5) is 12.2. The molecule has 0 saturated heterocycles. The van der Waals surface area contributed by atoms with E-state index in [2.05, 4.69) is 10.4 Å². The predicted molar refractivity (Wildman–Crippen MR) is 84.0 cm³/mol. The van der Waals surface area contributed by atoms with Crippen LogP contribution >= 0.6 is 0 Å². The number of halogens is 2. The molecular weight excluding hydrogens is 300 g/mol. The molecule has 1 aliphatic carbocycles. The highest BCUT2D eigenvalue weighted by atomic mass is 19.3. The standard InChI is InChI=1S/C17H19F2N3O/c1-11-4-5-14(12(2)6-11)22-8-13(7-20-22)21-15(23)16(3)9-17(18,19)10-16/h4-8H,9-10H2,1-3H3,(H,21,23). The Hall–Kier alpha value is -2.24. The van der Waals surface area contributed by atoms with Crippen LogP contribution in [-0.4, -0.2) is 21.6 Å².